The van der Waals surface area contributed by atoms with E-state index in [2.05, 4.69) is 17.5 Å². The molecule has 0 radical (unpaired) electrons. The first-order chi connectivity index (χ1) is 9.31. The van der Waals surface area contributed by atoms with Crippen molar-refractivity contribution in [3.8, 4) is 12.3 Å². The maximum absolute atomic E-state index is 5.69. The second-order valence-corrected chi connectivity index (χ2v) is 4.38. The Morgan fingerprint density at radius 3 is 3.11 bits per heavy atom. The summed E-state index contributed by atoms with van der Waals surface area (Å²) in [4.78, 5) is 4.15. The van der Waals surface area contributed by atoms with Gasteiger partial charge in [-0.15, -0.1) is 12.0 Å². The van der Waals surface area contributed by atoms with Crippen LogP contribution in [0.1, 0.15) is 5.56 Å². The van der Waals surface area contributed by atoms with Crippen LogP contribution in [0.4, 0.5) is 0 Å². The number of hydrogen-bond donors (Lipinski definition) is 0. The minimum Gasteiger partial charge on any atom is -0.488 e. The van der Waals surface area contributed by atoms with Crippen LogP contribution in [0.5, 0.6) is 0 Å². The Balaban J connectivity index is 2.77. The summed E-state index contributed by atoms with van der Waals surface area (Å²) in [5.41, 5.74) is 1.09. The van der Waals surface area contributed by atoms with Crippen molar-refractivity contribution in [1.29, 1.82) is 0 Å². The Kier molecular flexibility index (Phi) is 7.14. The zero-order valence-corrected chi connectivity index (χ0v) is 11.7. The molecule has 0 N–H and O–H groups in total. The average Bonchev–Trinajstić information content (AvgIpc) is 2.94. The van der Waals surface area contributed by atoms with Gasteiger partial charge in [0.1, 0.15) is 5.03 Å². The van der Waals surface area contributed by atoms with E-state index >= 15 is 0 Å². The van der Waals surface area contributed by atoms with E-state index in [0.29, 0.717) is 23.1 Å². The van der Waals surface area contributed by atoms with Gasteiger partial charge in [0.25, 0.3) is 0 Å². The van der Waals surface area contributed by atoms with Gasteiger partial charge in [0, 0.05) is 0 Å². The van der Waals surface area contributed by atoms with Crippen LogP contribution in [-0.2, 0) is 16.1 Å². The fourth-order valence-electron chi connectivity index (χ4n) is 1.26. The summed E-state index contributed by atoms with van der Waals surface area (Å²) in [5.74, 6) is 3.65. The van der Waals surface area contributed by atoms with E-state index in [4.69, 9.17) is 15.9 Å². The molecule has 0 fully saturated rings. The van der Waals surface area contributed by atoms with Crippen LogP contribution in [0.2, 0.25) is 0 Å². The summed E-state index contributed by atoms with van der Waals surface area (Å²) >= 11 is 1.40. The van der Waals surface area contributed by atoms with E-state index in [1.807, 2.05) is 24.3 Å². The van der Waals surface area contributed by atoms with Crippen molar-refractivity contribution < 1.29 is 9.47 Å². The van der Waals surface area contributed by atoms with E-state index < -0.39 is 0 Å². The molecule has 0 amide bonds. The lowest BCUT2D eigenvalue weighted by Crippen LogP contribution is -1.94. The lowest BCUT2D eigenvalue weighted by atomic mass is 10.3. The molecule has 0 bridgehead atoms. The number of rotatable bonds is 8. The summed E-state index contributed by atoms with van der Waals surface area (Å²) < 4.78 is 10.5. The highest BCUT2D eigenvalue weighted by atomic mass is 32.2. The molecular weight excluding hydrogens is 258 g/mol. The molecule has 1 aromatic rings. The van der Waals surface area contributed by atoms with Gasteiger partial charge in [-0.2, -0.15) is 12.1 Å². The van der Waals surface area contributed by atoms with E-state index in [1.165, 1.54) is 25.3 Å². The summed E-state index contributed by atoms with van der Waals surface area (Å²) in [7, 11) is 1.53. The van der Waals surface area contributed by atoms with Gasteiger partial charge in [0.2, 0.25) is 0 Å². The van der Waals surface area contributed by atoms with Crippen molar-refractivity contribution in [2.75, 3.05) is 12.9 Å². The lowest BCUT2D eigenvalue weighted by Gasteiger charge is -2.10. The van der Waals surface area contributed by atoms with Gasteiger partial charge in [-0.3, -0.25) is 0 Å². The Labute approximate surface area is 118 Å². The highest BCUT2D eigenvalue weighted by Crippen LogP contribution is 2.23. The summed E-state index contributed by atoms with van der Waals surface area (Å²) in [6.45, 7) is 4.20. The zero-order chi connectivity index (χ0) is 13.9. The third kappa shape index (κ3) is 5.45. The van der Waals surface area contributed by atoms with Gasteiger partial charge in [0.05, 0.1) is 19.5 Å². The molecule has 3 nitrogen and oxygen atoms in total. The normalized spacial score (nSPS) is 11.8. The van der Waals surface area contributed by atoms with Crippen LogP contribution in [0.3, 0.4) is 0 Å². The molecule has 19 heavy (non-hydrogen) atoms. The third-order valence-corrected chi connectivity index (χ3v) is 2.98. The number of nitrogens with zero attached hydrogens (tertiary/aromatic N) is 1. The third-order valence-electron chi connectivity index (χ3n) is 2.09. The number of hydrogen-bond acceptors (Lipinski definition) is 4. The molecule has 0 aromatic heterocycles. The number of thioether (sulfide) groups is 1. The van der Waals surface area contributed by atoms with Crippen LogP contribution >= 0.6 is 11.8 Å². The Bertz CT molecular complexity index is 481. The predicted octanol–water partition coefficient (Wildman–Crippen LogP) is 3.32. The van der Waals surface area contributed by atoms with Gasteiger partial charge in [0.15, 0.2) is 12.2 Å². The highest BCUT2D eigenvalue weighted by Gasteiger charge is 2.04. The van der Waals surface area contributed by atoms with Crippen molar-refractivity contribution >= 4 is 18.2 Å². The van der Waals surface area contributed by atoms with Gasteiger partial charge in [-0.05, 0) is 6.08 Å². The molecule has 4 heteroatoms. The molecule has 0 unspecified atom stereocenters. The molecule has 100 valence electrons. The second kappa shape index (κ2) is 9.01. The minimum atomic E-state index is 0.469. The Morgan fingerprint density at radius 2 is 2.53 bits per heavy atom. The fourth-order valence-corrected chi connectivity index (χ4v) is 1.88. The predicted molar refractivity (Wildman–Crippen MR) is 80.8 cm³/mol. The molecule has 0 spiro atoms. The van der Waals surface area contributed by atoms with Crippen LogP contribution in [0.25, 0.3) is 0 Å². The SMILES string of the molecule is C#CCSC(/N=C/OC)=C(/C=C)OCc1ccc[cH-]1. The topological polar surface area (TPSA) is 30.8 Å². The van der Waals surface area contributed by atoms with Gasteiger partial charge < -0.3 is 9.47 Å². The van der Waals surface area contributed by atoms with Crippen molar-refractivity contribution in [2.24, 2.45) is 4.99 Å². The first-order valence-electron chi connectivity index (χ1n) is 5.63. The van der Waals surface area contributed by atoms with Crippen LogP contribution in [0, 0.1) is 12.3 Å². The summed E-state index contributed by atoms with van der Waals surface area (Å²) in [5, 5.41) is 0.654. The molecule has 0 atom stereocenters. The van der Waals surface area contributed by atoms with E-state index in [0.717, 1.165) is 5.56 Å². The summed E-state index contributed by atoms with van der Waals surface area (Å²) in [6.07, 6.45) is 8.22. The second-order valence-electron chi connectivity index (χ2n) is 3.42. The molecule has 1 rings (SSSR count). The molecule has 0 saturated heterocycles. The quantitative estimate of drug-likeness (QED) is 0.182. The summed E-state index contributed by atoms with van der Waals surface area (Å²) in [6, 6.07) is 7.92. The highest BCUT2D eigenvalue weighted by molar-refractivity contribution is 8.03. The zero-order valence-electron chi connectivity index (χ0n) is 10.8. The Hall–Kier alpha value is -1.99. The van der Waals surface area contributed by atoms with E-state index in [1.54, 1.807) is 6.08 Å². The molecule has 0 aliphatic carbocycles. The van der Waals surface area contributed by atoms with Crippen LogP contribution < -0.4 is 0 Å². The fraction of sp³-hybridized carbons (Fsp3) is 0.200. The first kappa shape index (κ1) is 15.1. The molecule has 0 aliphatic rings. The van der Waals surface area contributed by atoms with Gasteiger partial charge in [-0.1, -0.05) is 24.3 Å². The number of methoxy groups -OCH3 is 1. The van der Waals surface area contributed by atoms with Gasteiger partial charge >= 0.3 is 0 Å². The number of aliphatic imine (C=N–C) groups is 1. The monoisotopic (exact) mass is 274 g/mol. The van der Waals surface area contributed by atoms with Crippen molar-refractivity contribution in [2.45, 2.75) is 6.61 Å². The standard InChI is InChI=1S/C15H16NO2S/c1-4-10-19-15(16-12-17-3)14(5-2)18-11-13-8-6-7-9-13/h1,5-9,12H,2,10-11H2,3H3/q-1/b15-14-,16-12+. The van der Waals surface area contributed by atoms with Crippen molar-refractivity contribution in [1.82, 2.24) is 0 Å². The van der Waals surface area contributed by atoms with Crippen molar-refractivity contribution in [3.63, 3.8) is 0 Å². The smallest absolute Gasteiger partial charge is 0.174 e. The molecule has 0 saturated carbocycles. The number of terminal acetylenes is 1. The van der Waals surface area contributed by atoms with Crippen LogP contribution in [0.15, 0.2) is 52.7 Å². The van der Waals surface area contributed by atoms with Gasteiger partial charge in [-0.25, -0.2) is 17.1 Å². The average molecular weight is 274 g/mol. The minimum absolute atomic E-state index is 0.469. The maximum Gasteiger partial charge on any atom is 0.174 e. The maximum atomic E-state index is 5.69. The largest absolute Gasteiger partial charge is 0.488 e. The van der Waals surface area contributed by atoms with E-state index in [9.17, 15) is 0 Å². The first-order valence-corrected chi connectivity index (χ1v) is 6.62. The van der Waals surface area contributed by atoms with Crippen molar-refractivity contribution in [3.05, 3.63) is 53.3 Å². The van der Waals surface area contributed by atoms with Crippen LogP contribution in [-0.4, -0.2) is 19.3 Å². The molecule has 0 heterocycles. The Morgan fingerprint density at radius 1 is 1.68 bits per heavy atom. The lowest BCUT2D eigenvalue weighted by molar-refractivity contribution is 0.210. The molecule has 0 aliphatic heterocycles. The number of ether oxygens (including phenoxy) is 2. The van der Waals surface area contributed by atoms with E-state index in [-0.39, 0.29) is 0 Å². The molecular formula is C15H16NO2S-. The number of allylic oxidation sites excluding steroid dienone is 1. The molecule has 1 aromatic carbocycles.